The molecule has 0 aromatic carbocycles. The minimum atomic E-state index is -0.273. The van der Waals surface area contributed by atoms with E-state index >= 15 is 0 Å². The van der Waals surface area contributed by atoms with Crippen molar-refractivity contribution < 1.29 is 9.53 Å². The molecule has 0 aliphatic rings. The van der Waals surface area contributed by atoms with E-state index in [1.165, 1.54) is 103 Å². The quantitative estimate of drug-likeness (QED) is 0.169. The molecule has 2 nitrogen and oxygen atoms in total. The van der Waals surface area contributed by atoms with Crippen LogP contribution in [0.4, 0.5) is 0 Å². The summed E-state index contributed by atoms with van der Waals surface area (Å²) in [5.41, 5.74) is -0.273. The summed E-state index contributed by atoms with van der Waals surface area (Å²) in [7, 11) is 1.50. The van der Waals surface area contributed by atoms with Crippen molar-refractivity contribution in [3.05, 3.63) is 0 Å². The SMILES string of the molecule is CCCCCCCCCCCCCCCCCC[C@](C)(CC)C(=O)OC. The highest BCUT2D eigenvalue weighted by molar-refractivity contribution is 5.76. The third kappa shape index (κ3) is 13.6. The standard InChI is InChI=1S/C24H48O2/c1-5-7-8-9-10-11-12-13-14-15-16-17-18-19-20-21-22-24(3,6-2)23(25)26-4/h5-22H2,1-4H3/t24-/m0/s1. The van der Waals surface area contributed by atoms with E-state index in [0.717, 1.165) is 19.3 Å². The molecule has 0 rings (SSSR count). The molecule has 0 aromatic rings. The number of carbonyl (C=O) groups is 1. The first kappa shape index (κ1) is 25.5. The molecule has 0 radical (unpaired) electrons. The average Bonchev–Trinajstić information content (AvgIpc) is 2.66. The Balaban J connectivity index is 3.30. The number of hydrogen-bond donors (Lipinski definition) is 0. The number of methoxy groups -OCH3 is 1. The van der Waals surface area contributed by atoms with Crippen LogP contribution in [-0.2, 0) is 9.53 Å². The van der Waals surface area contributed by atoms with Crippen LogP contribution in [0.25, 0.3) is 0 Å². The van der Waals surface area contributed by atoms with Crippen LogP contribution in [0.1, 0.15) is 136 Å². The second kappa shape index (κ2) is 17.9. The fraction of sp³-hybridized carbons (Fsp3) is 0.958. The lowest BCUT2D eigenvalue weighted by molar-refractivity contribution is -0.152. The third-order valence-electron chi connectivity index (χ3n) is 6.04. The third-order valence-corrected chi connectivity index (χ3v) is 6.04. The van der Waals surface area contributed by atoms with Gasteiger partial charge in [0.1, 0.15) is 0 Å². The number of hydrogen-bond acceptors (Lipinski definition) is 2. The predicted octanol–water partition coefficient (Wildman–Crippen LogP) is 8.23. The number of esters is 1. The van der Waals surface area contributed by atoms with Crippen molar-refractivity contribution in [2.24, 2.45) is 5.41 Å². The molecule has 0 aromatic heterocycles. The zero-order valence-electron chi connectivity index (χ0n) is 18.5. The van der Waals surface area contributed by atoms with Crippen molar-refractivity contribution in [1.29, 1.82) is 0 Å². The fourth-order valence-electron chi connectivity index (χ4n) is 3.73. The zero-order valence-corrected chi connectivity index (χ0v) is 18.5. The minimum absolute atomic E-state index is 0.0408. The van der Waals surface area contributed by atoms with Gasteiger partial charge in [-0.25, -0.2) is 0 Å². The highest BCUT2D eigenvalue weighted by Crippen LogP contribution is 2.30. The molecule has 0 heterocycles. The molecule has 0 aliphatic heterocycles. The van der Waals surface area contributed by atoms with Gasteiger partial charge in [0, 0.05) is 0 Å². The Kier molecular flexibility index (Phi) is 17.5. The van der Waals surface area contributed by atoms with E-state index in [0.29, 0.717) is 0 Å². The minimum Gasteiger partial charge on any atom is -0.469 e. The van der Waals surface area contributed by atoms with Gasteiger partial charge in [0.15, 0.2) is 0 Å². The van der Waals surface area contributed by atoms with Crippen LogP contribution >= 0.6 is 0 Å². The molecule has 0 saturated carbocycles. The van der Waals surface area contributed by atoms with E-state index in [1.54, 1.807) is 0 Å². The van der Waals surface area contributed by atoms with Gasteiger partial charge < -0.3 is 4.74 Å². The number of rotatable bonds is 19. The van der Waals surface area contributed by atoms with Gasteiger partial charge in [0.2, 0.25) is 0 Å². The van der Waals surface area contributed by atoms with E-state index in [9.17, 15) is 4.79 Å². The van der Waals surface area contributed by atoms with Crippen molar-refractivity contribution in [3.8, 4) is 0 Å². The second-order valence-electron chi connectivity index (χ2n) is 8.46. The van der Waals surface area contributed by atoms with E-state index in [1.807, 2.05) is 6.92 Å². The highest BCUT2D eigenvalue weighted by Gasteiger charge is 2.31. The van der Waals surface area contributed by atoms with E-state index in [4.69, 9.17) is 4.74 Å². The smallest absolute Gasteiger partial charge is 0.311 e. The molecule has 1 atom stereocenters. The Morgan fingerprint density at radius 2 is 1.00 bits per heavy atom. The molecule has 0 bridgehead atoms. The summed E-state index contributed by atoms with van der Waals surface area (Å²) < 4.78 is 4.95. The zero-order chi connectivity index (χ0) is 19.5. The van der Waals surface area contributed by atoms with Crippen LogP contribution in [-0.4, -0.2) is 13.1 Å². The van der Waals surface area contributed by atoms with Gasteiger partial charge in [-0.15, -0.1) is 0 Å². The Bertz CT molecular complexity index is 313. The average molecular weight is 369 g/mol. The van der Waals surface area contributed by atoms with Crippen LogP contribution < -0.4 is 0 Å². The van der Waals surface area contributed by atoms with Crippen molar-refractivity contribution >= 4 is 5.97 Å². The number of ether oxygens (including phenoxy) is 1. The van der Waals surface area contributed by atoms with Crippen molar-refractivity contribution in [2.75, 3.05) is 7.11 Å². The van der Waals surface area contributed by atoms with Gasteiger partial charge in [-0.05, 0) is 19.8 Å². The Morgan fingerprint density at radius 3 is 1.31 bits per heavy atom. The topological polar surface area (TPSA) is 26.3 Å². The lowest BCUT2D eigenvalue weighted by atomic mass is 9.82. The molecule has 0 fully saturated rings. The first-order chi connectivity index (χ1) is 12.6. The maximum Gasteiger partial charge on any atom is 0.311 e. The van der Waals surface area contributed by atoms with Gasteiger partial charge in [0.25, 0.3) is 0 Å². The van der Waals surface area contributed by atoms with Crippen molar-refractivity contribution in [1.82, 2.24) is 0 Å². The highest BCUT2D eigenvalue weighted by atomic mass is 16.5. The van der Waals surface area contributed by atoms with Gasteiger partial charge in [-0.3, -0.25) is 4.79 Å². The first-order valence-corrected chi connectivity index (χ1v) is 11.7. The Labute approximate surface area is 164 Å². The fourth-order valence-corrected chi connectivity index (χ4v) is 3.73. The lowest BCUT2D eigenvalue weighted by Crippen LogP contribution is -2.28. The largest absolute Gasteiger partial charge is 0.469 e. The predicted molar refractivity (Wildman–Crippen MR) is 115 cm³/mol. The number of carbonyl (C=O) groups excluding carboxylic acids is 1. The molecule has 0 saturated heterocycles. The van der Waals surface area contributed by atoms with Crippen LogP contribution in [0.3, 0.4) is 0 Å². The monoisotopic (exact) mass is 368 g/mol. The van der Waals surface area contributed by atoms with Crippen molar-refractivity contribution in [3.63, 3.8) is 0 Å². The van der Waals surface area contributed by atoms with Crippen LogP contribution in [0.15, 0.2) is 0 Å². The molecular weight excluding hydrogens is 320 g/mol. The molecule has 0 amide bonds. The molecule has 26 heavy (non-hydrogen) atoms. The van der Waals surface area contributed by atoms with Crippen molar-refractivity contribution in [2.45, 2.75) is 136 Å². The Hall–Kier alpha value is -0.530. The van der Waals surface area contributed by atoms with Gasteiger partial charge >= 0.3 is 5.97 Å². The van der Waals surface area contributed by atoms with Gasteiger partial charge in [-0.2, -0.15) is 0 Å². The molecule has 0 aliphatic carbocycles. The van der Waals surface area contributed by atoms with Crippen LogP contribution in [0.2, 0.25) is 0 Å². The lowest BCUT2D eigenvalue weighted by Gasteiger charge is -2.24. The molecule has 0 N–H and O–H groups in total. The van der Waals surface area contributed by atoms with Gasteiger partial charge in [-0.1, -0.05) is 117 Å². The summed E-state index contributed by atoms with van der Waals surface area (Å²) in [5.74, 6) is -0.0408. The molecule has 0 unspecified atom stereocenters. The number of unbranched alkanes of at least 4 members (excludes halogenated alkanes) is 15. The van der Waals surface area contributed by atoms with Gasteiger partial charge in [0.05, 0.1) is 12.5 Å². The Morgan fingerprint density at radius 1 is 0.654 bits per heavy atom. The normalized spacial score (nSPS) is 13.5. The molecule has 0 spiro atoms. The second-order valence-corrected chi connectivity index (χ2v) is 8.46. The van der Waals surface area contributed by atoms with Crippen LogP contribution in [0, 0.1) is 5.41 Å². The summed E-state index contributed by atoms with van der Waals surface area (Å²) in [6.07, 6.45) is 24.0. The van der Waals surface area contributed by atoms with E-state index in [2.05, 4.69) is 13.8 Å². The van der Waals surface area contributed by atoms with E-state index in [-0.39, 0.29) is 11.4 Å². The maximum absolute atomic E-state index is 11.8. The van der Waals surface area contributed by atoms with Crippen LogP contribution in [0.5, 0.6) is 0 Å². The first-order valence-electron chi connectivity index (χ1n) is 11.7. The molecule has 156 valence electrons. The summed E-state index contributed by atoms with van der Waals surface area (Å²) >= 11 is 0. The summed E-state index contributed by atoms with van der Waals surface area (Å²) in [6.45, 7) is 6.42. The maximum atomic E-state index is 11.8. The molecular formula is C24H48O2. The summed E-state index contributed by atoms with van der Waals surface area (Å²) in [4.78, 5) is 11.8. The van der Waals surface area contributed by atoms with E-state index < -0.39 is 0 Å². The molecule has 2 heteroatoms. The summed E-state index contributed by atoms with van der Waals surface area (Å²) in [6, 6.07) is 0. The summed E-state index contributed by atoms with van der Waals surface area (Å²) in [5, 5.41) is 0.